The van der Waals surface area contributed by atoms with Crippen molar-refractivity contribution in [3.8, 4) is 0 Å². The van der Waals surface area contributed by atoms with Gasteiger partial charge in [-0.25, -0.2) is 23.7 Å². The molecule has 5 nitrogen and oxygen atoms in total. The zero-order chi connectivity index (χ0) is 12.5. The van der Waals surface area contributed by atoms with Crippen LogP contribution in [0.25, 0.3) is 11.2 Å². The van der Waals surface area contributed by atoms with Crippen molar-refractivity contribution >= 4 is 22.7 Å². The molecular weight excluding hydrogens is 240 g/mol. The molecule has 0 atom stereocenters. The Kier molecular flexibility index (Phi) is 2.36. The highest BCUT2D eigenvalue weighted by atomic mass is 19.1. The van der Waals surface area contributed by atoms with Gasteiger partial charge in [-0.05, 0) is 12.1 Å². The first-order chi connectivity index (χ1) is 8.75. The Labute approximate surface area is 99.9 Å². The Hall–Kier alpha value is -2.57. The Morgan fingerprint density at radius 2 is 1.83 bits per heavy atom. The van der Waals surface area contributed by atoms with Crippen LogP contribution in [0, 0.1) is 11.6 Å². The molecule has 0 radical (unpaired) electrons. The number of H-pyrrole nitrogens is 1. The summed E-state index contributed by atoms with van der Waals surface area (Å²) < 4.78 is 27.0. The number of aromatic amines is 1. The number of halogens is 2. The molecule has 7 heteroatoms. The summed E-state index contributed by atoms with van der Waals surface area (Å²) in [7, 11) is 0. The highest BCUT2D eigenvalue weighted by molar-refractivity contribution is 5.84. The van der Waals surface area contributed by atoms with Gasteiger partial charge in [0, 0.05) is 0 Å². The van der Waals surface area contributed by atoms with Crippen molar-refractivity contribution in [1.29, 1.82) is 0 Å². The van der Waals surface area contributed by atoms with Crippen molar-refractivity contribution in [2.75, 3.05) is 5.32 Å². The van der Waals surface area contributed by atoms with Crippen LogP contribution in [0.3, 0.4) is 0 Å². The van der Waals surface area contributed by atoms with Crippen LogP contribution in [0.1, 0.15) is 0 Å². The van der Waals surface area contributed by atoms with E-state index in [4.69, 9.17) is 0 Å². The maximum atomic E-state index is 13.5. The molecular formula is C11H7F2N5. The van der Waals surface area contributed by atoms with Gasteiger partial charge < -0.3 is 10.3 Å². The van der Waals surface area contributed by atoms with Crippen LogP contribution in [0.15, 0.2) is 30.9 Å². The second-order valence-corrected chi connectivity index (χ2v) is 3.54. The number of hydrogen-bond acceptors (Lipinski definition) is 4. The molecule has 3 aromatic rings. The lowest BCUT2D eigenvalue weighted by Crippen LogP contribution is -2.00. The van der Waals surface area contributed by atoms with E-state index >= 15 is 0 Å². The fraction of sp³-hybridized carbons (Fsp3) is 0. The maximum absolute atomic E-state index is 13.5. The summed E-state index contributed by atoms with van der Waals surface area (Å²) in [6.07, 6.45) is 2.71. The van der Waals surface area contributed by atoms with E-state index in [0.717, 1.165) is 12.1 Å². The summed E-state index contributed by atoms with van der Waals surface area (Å²) in [6, 6.07) is 3.61. The normalized spacial score (nSPS) is 10.8. The van der Waals surface area contributed by atoms with Crippen molar-refractivity contribution < 1.29 is 8.78 Å². The molecule has 18 heavy (non-hydrogen) atoms. The van der Waals surface area contributed by atoms with Gasteiger partial charge in [0.15, 0.2) is 17.0 Å². The monoisotopic (exact) mass is 247 g/mol. The van der Waals surface area contributed by atoms with Crippen LogP contribution in [-0.4, -0.2) is 19.9 Å². The molecule has 0 spiro atoms. The molecule has 0 aliphatic carbocycles. The minimum atomic E-state index is -0.697. The van der Waals surface area contributed by atoms with Gasteiger partial charge in [-0.15, -0.1) is 0 Å². The average Bonchev–Trinajstić information content (AvgIpc) is 2.83. The molecule has 0 unspecified atom stereocenters. The van der Waals surface area contributed by atoms with Crippen molar-refractivity contribution in [3.63, 3.8) is 0 Å². The van der Waals surface area contributed by atoms with Gasteiger partial charge >= 0.3 is 0 Å². The number of hydrogen-bond donors (Lipinski definition) is 2. The summed E-state index contributed by atoms with van der Waals surface area (Å²) in [5.74, 6) is -1.15. The third kappa shape index (κ3) is 1.65. The number of anilines is 2. The Morgan fingerprint density at radius 3 is 2.61 bits per heavy atom. The van der Waals surface area contributed by atoms with Gasteiger partial charge in [0.1, 0.15) is 23.6 Å². The lowest BCUT2D eigenvalue weighted by Gasteiger charge is -2.07. The van der Waals surface area contributed by atoms with E-state index in [9.17, 15) is 8.78 Å². The summed E-state index contributed by atoms with van der Waals surface area (Å²) in [5, 5.41) is 2.59. The molecule has 0 bridgehead atoms. The largest absolute Gasteiger partial charge is 0.333 e. The van der Waals surface area contributed by atoms with Gasteiger partial charge in [0.05, 0.1) is 6.33 Å². The number of nitrogens with zero attached hydrogens (tertiary/aromatic N) is 3. The Morgan fingerprint density at radius 1 is 1.06 bits per heavy atom. The van der Waals surface area contributed by atoms with Crippen LogP contribution in [0.4, 0.5) is 20.3 Å². The van der Waals surface area contributed by atoms with Crippen molar-refractivity contribution in [1.82, 2.24) is 19.9 Å². The summed E-state index contributed by atoms with van der Waals surface area (Å²) in [5.41, 5.74) is 0.643. The van der Waals surface area contributed by atoms with E-state index in [1.54, 1.807) is 0 Å². The molecule has 2 N–H and O–H groups in total. The molecule has 2 heterocycles. The van der Waals surface area contributed by atoms with Crippen LogP contribution < -0.4 is 5.32 Å². The molecule has 0 aliphatic rings. The first-order valence-corrected chi connectivity index (χ1v) is 5.11. The van der Waals surface area contributed by atoms with E-state index < -0.39 is 11.6 Å². The van der Waals surface area contributed by atoms with E-state index in [0.29, 0.717) is 11.2 Å². The van der Waals surface area contributed by atoms with Gasteiger partial charge in [-0.3, -0.25) is 0 Å². The Bertz CT molecular complexity index is 689. The standard InChI is InChI=1S/C11H7F2N5/c12-6-2-1-3-7(13)8(6)18-11-9-10(15-4-14-9)16-5-17-11/h1-5H,(H2,14,15,16,17,18). The highest BCUT2D eigenvalue weighted by Crippen LogP contribution is 2.24. The second-order valence-electron chi connectivity index (χ2n) is 3.54. The fourth-order valence-electron chi connectivity index (χ4n) is 1.59. The second kappa shape index (κ2) is 4.02. The van der Waals surface area contributed by atoms with E-state index in [2.05, 4.69) is 25.3 Å². The smallest absolute Gasteiger partial charge is 0.162 e. The zero-order valence-corrected chi connectivity index (χ0v) is 8.98. The van der Waals surface area contributed by atoms with E-state index in [-0.39, 0.29) is 11.5 Å². The predicted octanol–water partition coefficient (Wildman–Crippen LogP) is 2.37. The summed E-state index contributed by atoms with van der Waals surface area (Å²) in [4.78, 5) is 14.6. The molecule has 0 aliphatic heterocycles. The highest BCUT2D eigenvalue weighted by Gasteiger charge is 2.12. The minimum Gasteiger partial charge on any atom is -0.333 e. The third-order valence-corrected chi connectivity index (χ3v) is 2.42. The van der Waals surface area contributed by atoms with Gasteiger partial charge in [0.2, 0.25) is 0 Å². The van der Waals surface area contributed by atoms with Crippen LogP contribution in [0.5, 0.6) is 0 Å². The third-order valence-electron chi connectivity index (χ3n) is 2.42. The lowest BCUT2D eigenvalue weighted by atomic mass is 10.3. The Balaban J connectivity index is 2.09. The first kappa shape index (κ1) is 10.6. The number of nitrogens with one attached hydrogen (secondary N) is 2. The fourth-order valence-corrected chi connectivity index (χ4v) is 1.59. The van der Waals surface area contributed by atoms with Gasteiger partial charge in [-0.1, -0.05) is 6.07 Å². The maximum Gasteiger partial charge on any atom is 0.162 e. The van der Waals surface area contributed by atoms with Crippen molar-refractivity contribution in [2.45, 2.75) is 0 Å². The van der Waals surface area contributed by atoms with E-state index in [1.807, 2.05) is 0 Å². The molecule has 2 aromatic heterocycles. The number of para-hydroxylation sites is 1. The van der Waals surface area contributed by atoms with Crippen LogP contribution in [0.2, 0.25) is 0 Å². The molecule has 0 saturated heterocycles. The number of benzene rings is 1. The van der Waals surface area contributed by atoms with Crippen LogP contribution >= 0.6 is 0 Å². The van der Waals surface area contributed by atoms with Crippen molar-refractivity contribution in [2.24, 2.45) is 0 Å². The minimum absolute atomic E-state index is 0.241. The first-order valence-electron chi connectivity index (χ1n) is 5.11. The summed E-state index contributed by atoms with van der Waals surface area (Å²) >= 11 is 0. The SMILES string of the molecule is Fc1cccc(F)c1Nc1ncnc2[nH]cnc12. The van der Waals surface area contributed by atoms with E-state index in [1.165, 1.54) is 18.7 Å². The van der Waals surface area contributed by atoms with Crippen molar-refractivity contribution in [3.05, 3.63) is 42.5 Å². The number of aromatic nitrogens is 4. The predicted molar refractivity (Wildman–Crippen MR) is 61.3 cm³/mol. The molecule has 0 fully saturated rings. The lowest BCUT2D eigenvalue weighted by molar-refractivity contribution is 0.590. The molecule has 1 aromatic carbocycles. The quantitative estimate of drug-likeness (QED) is 0.729. The molecule has 3 rings (SSSR count). The zero-order valence-electron chi connectivity index (χ0n) is 8.98. The number of imidazole rings is 1. The summed E-state index contributed by atoms with van der Waals surface area (Å²) in [6.45, 7) is 0. The van der Waals surface area contributed by atoms with Crippen LogP contribution in [-0.2, 0) is 0 Å². The number of fused-ring (bicyclic) bond motifs is 1. The molecule has 0 amide bonds. The van der Waals surface area contributed by atoms with Gasteiger partial charge in [0.25, 0.3) is 0 Å². The van der Waals surface area contributed by atoms with Gasteiger partial charge in [-0.2, -0.15) is 0 Å². The number of rotatable bonds is 2. The molecule has 0 saturated carbocycles. The topological polar surface area (TPSA) is 66.5 Å². The average molecular weight is 247 g/mol. The molecule has 90 valence electrons.